The summed E-state index contributed by atoms with van der Waals surface area (Å²) in [6.45, 7) is 1.50. The number of carbonyl (C=O) groups is 1. The number of nitrogens with one attached hydrogen (secondary N) is 1. The van der Waals surface area contributed by atoms with E-state index >= 15 is 0 Å². The molecular formula is C12H11ClF3NO2. The third-order valence-corrected chi connectivity index (χ3v) is 2.19. The molecule has 0 aliphatic rings. The Morgan fingerprint density at radius 3 is 2.68 bits per heavy atom. The molecule has 104 valence electrons. The smallest absolute Gasteiger partial charge is 0.431 e. The number of esters is 1. The Morgan fingerprint density at radius 1 is 1.47 bits per heavy atom. The van der Waals surface area contributed by atoms with Crippen LogP contribution in [0.5, 0.6) is 0 Å². The maximum absolute atomic E-state index is 12.7. The predicted octanol–water partition coefficient (Wildman–Crippen LogP) is 3.76. The maximum atomic E-state index is 12.7. The van der Waals surface area contributed by atoms with Crippen LogP contribution in [-0.4, -0.2) is 18.8 Å². The molecule has 0 heterocycles. The topological polar surface area (TPSA) is 38.3 Å². The maximum Gasteiger partial charge on any atom is 0.431 e. The average molecular weight is 294 g/mol. The Hall–Kier alpha value is -1.69. The van der Waals surface area contributed by atoms with Crippen molar-refractivity contribution in [2.45, 2.75) is 13.1 Å². The molecule has 1 aromatic carbocycles. The molecule has 7 heteroatoms. The van der Waals surface area contributed by atoms with Gasteiger partial charge in [0.1, 0.15) is 5.70 Å². The van der Waals surface area contributed by atoms with Crippen molar-refractivity contribution in [1.82, 2.24) is 0 Å². The molecule has 1 rings (SSSR count). The molecule has 0 spiro atoms. The van der Waals surface area contributed by atoms with Crippen molar-refractivity contribution in [3.05, 3.63) is 41.1 Å². The minimum absolute atomic E-state index is 0.00235. The van der Waals surface area contributed by atoms with E-state index in [1.165, 1.54) is 31.2 Å². The van der Waals surface area contributed by atoms with Gasteiger partial charge in [-0.05, 0) is 25.1 Å². The first-order valence-electron chi connectivity index (χ1n) is 5.31. The number of alkyl halides is 3. The van der Waals surface area contributed by atoms with Crippen LogP contribution in [0.15, 0.2) is 36.0 Å². The fourth-order valence-electron chi connectivity index (χ4n) is 1.21. The zero-order chi connectivity index (χ0) is 14.5. The predicted molar refractivity (Wildman–Crippen MR) is 65.8 cm³/mol. The van der Waals surface area contributed by atoms with Crippen LogP contribution in [0.25, 0.3) is 0 Å². The van der Waals surface area contributed by atoms with Gasteiger partial charge in [-0.3, -0.25) is 0 Å². The summed E-state index contributed by atoms with van der Waals surface area (Å²) < 4.78 is 42.7. The SMILES string of the molecule is CCOC(=O)/C=C(/Nc1cccc(Cl)c1)C(F)(F)F. The second-order valence-electron chi connectivity index (χ2n) is 3.44. The van der Waals surface area contributed by atoms with Gasteiger partial charge in [-0.15, -0.1) is 0 Å². The van der Waals surface area contributed by atoms with Crippen LogP contribution in [0.2, 0.25) is 5.02 Å². The summed E-state index contributed by atoms with van der Waals surface area (Å²) in [5, 5.41) is 2.38. The zero-order valence-corrected chi connectivity index (χ0v) is 10.7. The van der Waals surface area contributed by atoms with Crippen LogP contribution < -0.4 is 5.32 Å². The molecule has 0 saturated carbocycles. The number of benzene rings is 1. The standard InChI is InChI=1S/C12H11ClF3NO2/c1-2-19-11(18)7-10(12(14,15)16)17-9-5-3-4-8(13)6-9/h3-7,17H,2H2,1H3/b10-7+. The number of carbonyl (C=O) groups excluding carboxylic acids is 1. The number of allylic oxidation sites excluding steroid dienone is 1. The van der Waals surface area contributed by atoms with Crippen molar-refractivity contribution in [2.75, 3.05) is 11.9 Å². The summed E-state index contributed by atoms with van der Waals surface area (Å²) in [5.41, 5.74) is -1.09. The number of anilines is 1. The van der Waals surface area contributed by atoms with E-state index in [0.29, 0.717) is 6.08 Å². The summed E-state index contributed by atoms with van der Waals surface area (Å²) in [7, 11) is 0. The van der Waals surface area contributed by atoms with Gasteiger partial charge < -0.3 is 10.1 Å². The molecule has 0 radical (unpaired) electrons. The third kappa shape index (κ3) is 5.21. The molecule has 0 fully saturated rings. The average Bonchev–Trinajstić information content (AvgIpc) is 2.27. The minimum Gasteiger partial charge on any atom is -0.463 e. The first-order chi connectivity index (χ1) is 8.82. The lowest BCUT2D eigenvalue weighted by Crippen LogP contribution is -2.21. The van der Waals surface area contributed by atoms with Gasteiger partial charge in [0.2, 0.25) is 0 Å². The van der Waals surface area contributed by atoms with E-state index in [9.17, 15) is 18.0 Å². The van der Waals surface area contributed by atoms with E-state index in [4.69, 9.17) is 11.6 Å². The highest BCUT2D eigenvalue weighted by molar-refractivity contribution is 6.30. The molecule has 3 nitrogen and oxygen atoms in total. The number of rotatable bonds is 4. The first-order valence-corrected chi connectivity index (χ1v) is 5.69. The molecule has 1 N–H and O–H groups in total. The van der Waals surface area contributed by atoms with Gasteiger partial charge >= 0.3 is 12.1 Å². The quantitative estimate of drug-likeness (QED) is 0.678. The van der Waals surface area contributed by atoms with Crippen LogP contribution in [-0.2, 0) is 9.53 Å². The van der Waals surface area contributed by atoms with Gasteiger partial charge in [0.15, 0.2) is 0 Å². The van der Waals surface area contributed by atoms with Crippen molar-refractivity contribution in [3.63, 3.8) is 0 Å². The highest BCUT2D eigenvalue weighted by atomic mass is 35.5. The van der Waals surface area contributed by atoms with Crippen LogP contribution in [0, 0.1) is 0 Å². The Kier molecular flexibility index (Phi) is 5.23. The monoisotopic (exact) mass is 293 g/mol. The summed E-state index contributed by atoms with van der Waals surface area (Å²) >= 11 is 5.67. The molecule has 0 aliphatic heterocycles. The van der Waals surface area contributed by atoms with E-state index in [1.807, 2.05) is 0 Å². The third-order valence-electron chi connectivity index (χ3n) is 1.96. The normalized spacial score (nSPS) is 12.2. The highest BCUT2D eigenvalue weighted by Crippen LogP contribution is 2.27. The molecule has 0 amide bonds. The van der Waals surface area contributed by atoms with Gasteiger partial charge in [-0.1, -0.05) is 17.7 Å². The molecule has 0 aliphatic carbocycles. The Bertz CT molecular complexity index is 486. The largest absolute Gasteiger partial charge is 0.463 e. The van der Waals surface area contributed by atoms with Crippen LogP contribution in [0.4, 0.5) is 18.9 Å². The summed E-state index contributed by atoms with van der Waals surface area (Å²) in [6.07, 6.45) is -4.33. The summed E-state index contributed by atoms with van der Waals surface area (Å²) in [5.74, 6) is -1.07. The zero-order valence-electron chi connectivity index (χ0n) is 9.92. The van der Waals surface area contributed by atoms with E-state index in [2.05, 4.69) is 10.1 Å². The number of halogens is 4. The van der Waals surface area contributed by atoms with Crippen molar-refractivity contribution < 1.29 is 22.7 Å². The Balaban J connectivity index is 2.96. The molecule has 1 aromatic rings. The van der Waals surface area contributed by atoms with Crippen molar-refractivity contribution >= 4 is 23.3 Å². The first kappa shape index (κ1) is 15.4. The van der Waals surface area contributed by atoms with Crippen LogP contribution in [0.3, 0.4) is 0 Å². The van der Waals surface area contributed by atoms with Crippen LogP contribution >= 0.6 is 11.6 Å². The fraction of sp³-hybridized carbons (Fsp3) is 0.250. The molecule has 0 bridgehead atoms. The molecule has 0 saturated heterocycles. The second kappa shape index (κ2) is 6.47. The van der Waals surface area contributed by atoms with Crippen molar-refractivity contribution in [1.29, 1.82) is 0 Å². The fourth-order valence-corrected chi connectivity index (χ4v) is 1.40. The van der Waals surface area contributed by atoms with Crippen LogP contribution in [0.1, 0.15) is 6.92 Å². The highest BCUT2D eigenvalue weighted by Gasteiger charge is 2.35. The van der Waals surface area contributed by atoms with E-state index in [0.717, 1.165) is 0 Å². The lowest BCUT2D eigenvalue weighted by atomic mass is 10.3. The van der Waals surface area contributed by atoms with Gasteiger partial charge in [0.05, 0.1) is 12.7 Å². The van der Waals surface area contributed by atoms with Crippen molar-refractivity contribution in [3.8, 4) is 0 Å². The van der Waals surface area contributed by atoms with E-state index in [-0.39, 0.29) is 17.3 Å². The number of hydrogen-bond donors (Lipinski definition) is 1. The van der Waals surface area contributed by atoms with Gasteiger partial charge in [0.25, 0.3) is 0 Å². The van der Waals surface area contributed by atoms with Gasteiger partial charge in [0, 0.05) is 10.7 Å². The second-order valence-corrected chi connectivity index (χ2v) is 3.88. The molecular weight excluding hydrogens is 283 g/mol. The minimum atomic E-state index is -4.70. The lowest BCUT2D eigenvalue weighted by Gasteiger charge is -2.14. The summed E-state index contributed by atoms with van der Waals surface area (Å²) in [6, 6.07) is 5.72. The molecule has 19 heavy (non-hydrogen) atoms. The molecule has 0 unspecified atom stereocenters. The van der Waals surface area contributed by atoms with E-state index < -0.39 is 17.8 Å². The number of ether oxygens (including phenoxy) is 1. The molecule has 0 atom stereocenters. The van der Waals surface area contributed by atoms with Gasteiger partial charge in [-0.2, -0.15) is 13.2 Å². The summed E-state index contributed by atoms with van der Waals surface area (Å²) in [4.78, 5) is 11.1. The Labute approximate surface area is 113 Å². The number of hydrogen-bond acceptors (Lipinski definition) is 3. The lowest BCUT2D eigenvalue weighted by molar-refractivity contribution is -0.138. The molecule has 0 aromatic heterocycles. The Morgan fingerprint density at radius 2 is 2.16 bits per heavy atom. The van der Waals surface area contributed by atoms with Gasteiger partial charge in [-0.25, -0.2) is 4.79 Å². The van der Waals surface area contributed by atoms with Crippen molar-refractivity contribution in [2.24, 2.45) is 0 Å². The van der Waals surface area contributed by atoms with E-state index in [1.54, 1.807) is 0 Å².